The summed E-state index contributed by atoms with van der Waals surface area (Å²) in [6.45, 7) is 5.38. The molecule has 3 nitrogen and oxygen atoms in total. The Morgan fingerprint density at radius 1 is 1.45 bits per heavy atom. The second-order valence-electron chi connectivity index (χ2n) is 2.95. The van der Waals surface area contributed by atoms with Crippen molar-refractivity contribution in [3.8, 4) is 0 Å². The van der Waals surface area contributed by atoms with Crippen molar-refractivity contribution in [2.45, 2.75) is 26.0 Å². The lowest BCUT2D eigenvalue weighted by atomic mass is 10.2. The van der Waals surface area contributed by atoms with Crippen LogP contribution in [0.3, 0.4) is 0 Å². The van der Waals surface area contributed by atoms with E-state index in [0.29, 0.717) is 6.61 Å². The highest BCUT2D eigenvalue weighted by Crippen LogP contribution is 1.99. The van der Waals surface area contributed by atoms with Crippen molar-refractivity contribution >= 4 is 0 Å². The van der Waals surface area contributed by atoms with Gasteiger partial charge < -0.3 is 9.84 Å². The molecule has 0 radical (unpaired) electrons. The van der Waals surface area contributed by atoms with Gasteiger partial charge in [0.25, 0.3) is 0 Å². The third kappa shape index (κ3) is 4.35. The van der Waals surface area contributed by atoms with Gasteiger partial charge in [-0.2, -0.15) is 0 Å². The minimum absolute atomic E-state index is 0.199. The number of aliphatic hydroxyl groups excluding tert-OH is 1. The summed E-state index contributed by atoms with van der Waals surface area (Å²) in [7, 11) is 3.66. The van der Waals surface area contributed by atoms with E-state index in [9.17, 15) is 5.11 Å². The van der Waals surface area contributed by atoms with Crippen molar-refractivity contribution in [2.24, 2.45) is 0 Å². The molecule has 0 rings (SSSR count). The number of methoxy groups -OCH3 is 1. The van der Waals surface area contributed by atoms with Crippen molar-refractivity contribution < 1.29 is 9.84 Å². The predicted molar refractivity (Wildman–Crippen MR) is 45.6 cm³/mol. The first-order chi connectivity index (χ1) is 5.09. The highest BCUT2D eigenvalue weighted by molar-refractivity contribution is 4.67. The number of nitrogens with zero attached hydrogens (tertiary/aromatic N) is 1. The Kier molecular flexibility index (Phi) is 5.46. The van der Waals surface area contributed by atoms with Crippen molar-refractivity contribution in [2.75, 3.05) is 27.3 Å². The molecule has 0 saturated heterocycles. The van der Waals surface area contributed by atoms with Gasteiger partial charge in [0.2, 0.25) is 0 Å². The van der Waals surface area contributed by atoms with Gasteiger partial charge in [-0.1, -0.05) is 0 Å². The summed E-state index contributed by atoms with van der Waals surface area (Å²) in [5, 5.41) is 9.21. The van der Waals surface area contributed by atoms with E-state index in [-0.39, 0.29) is 12.1 Å². The highest BCUT2D eigenvalue weighted by atomic mass is 16.5. The van der Waals surface area contributed by atoms with Crippen LogP contribution in [0.25, 0.3) is 0 Å². The summed E-state index contributed by atoms with van der Waals surface area (Å²) in [6, 6.07) is 0.199. The standard InChI is InChI=1S/C8H19NO2/c1-7(8(2)10)9(3)5-6-11-4/h7-8,10H,5-6H2,1-4H3. The van der Waals surface area contributed by atoms with Crippen LogP contribution >= 0.6 is 0 Å². The maximum atomic E-state index is 9.21. The number of rotatable bonds is 5. The van der Waals surface area contributed by atoms with Crippen molar-refractivity contribution in [3.05, 3.63) is 0 Å². The first-order valence-corrected chi connectivity index (χ1v) is 3.96. The molecule has 0 aliphatic rings. The average molecular weight is 161 g/mol. The van der Waals surface area contributed by atoms with E-state index in [1.165, 1.54) is 0 Å². The number of ether oxygens (including phenoxy) is 1. The summed E-state index contributed by atoms with van der Waals surface area (Å²) in [5.74, 6) is 0. The minimum Gasteiger partial charge on any atom is -0.392 e. The summed E-state index contributed by atoms with van der Waals surface area (Å²) < 4.78 is 4.92. The van der Waals surface area contributed by atoms with Crippen LogP contribution in [0, 0.1) is 0 Å². The second-order valence-corrected chi connectivity index (χ2v) is 2.95. The van der Waals surface area contributed by atoms with E-state index < -0.39 is 0 Å². The third-order valence-electron chi connectivity index (χ3n) is 2.04. The molecule has 0 heterocycles. The zero-order chi connectivity index (χ0) is 8.85. The fourth-order valence-electron chi connectivity index (χ4n) is 0.807. The molecular formula is C8H19NO2. The predicted octanol–water partition coefficient (Wildman–Crippen LogP) is 0.334. The molecule has 0 aliphatic heterocycles. The summed E-state index contributed by atoms with van der Waals surface area (Å²) >= 11 is 0. The van der Waals surface area contributed by atoms with Gasteiger partial charge in [0.15, 0.2) is 0 Å². The van der Waals surface area contributed by atoms with Crippen LogP contribution in [0.1, 0.15) is 13.8 Å². The Balaban J connectivity index is 3.55. The zero-order valence-electron chi connectivity index (χ0n) is 7.87. The Bertz CT molecular complexity index is 96.1. The van der Waals surface area contributed by atoms with Crippen molar-refractivity contribution in [1.29, 1.82) is 0 Å². The number of likely N-dealkylation sites (N-methyl/N-ethyl adjacent to an activating group) is 1. The van der Waals surface area contributed by atoms with Gasteiger partial charge in [-0.15, -0.1) is 0 Å². The zero-order valence-corrected chi connectivity index (χ0v) is 7.87. The maximum absolute atomic E-state index is 9.21. The van der Waals surface area contributed by atoms with Crippen LogP contribution in [0.2, 0.25) is 0 Å². The van der Waals surface area contributed by atoms with Gasteiger partial charge in [-0.05, 0) is 20.9 Å². The molecule has 11 heavy (non-hydrogen) atoms. The van der Waals surface area contributed by atoms with Crippen LogP contribution in [-0.2, 0) is 4.74 Å². The smallest absolute Gasteiger partial charge is 0.0664 e. The van der Waals surface area contributed by atoms with Crippen LogP contribution in [0.4, 0.5) is 0 Å². The van der Waals surface area contributed by atoms with E-state index in [0.717, 1.165) is 6.54 Å². The molecule has 0 aliphatic carbocycles. The molecule has 3 heteroatoms. The Hall–Kier alpha value is -0.120. The molecule has 0 bridgehead atoms. The molecule has 0 fully saturated rings. The fraction of sp³-hybridized carbons (Fsp3) is 1.00. The van der Waals surface area contributed by atoms with E-state index >= 15 is 0 Å². The molecule has 0 amide bonds. The molecule has 0 spiro atoms. The molecule has 2 unspecified atom stereocenters. The number of aliphatic hydroxyl groups is 1. The number of hydrogen-bond donors (Lipinski definition) is 1. The van der Waals surface area contributed by atoms with Crippen molar-refractivity contribution in [3.63, 3.8) is 0 Å². The second kappa shape index (κ2) is 5.52. The molecule has 0 aromatic carbocycles. The van der Waals surface area contributed by atoms with Gasteiger partial charge in [-0.25, -0.2) is 0 Å². The molecule has 0 aromatic rings. The Morgan fingerprint density at radius 3 is 2.36 bits per heavy atom. The van der Waals surface area contributed by atoms with Gasteiger partial charge in [0.05, 0.1) is 12.7 Å². The maximum Gasteiger partial charge on any atom is 0.0664 e. The molecule has 2 atom stereocenters. The lowest BCUT2D eigenvalue weighted by Crippen LogP contribution is -2.39. The number of hydrogen-bond acceptors (Lipinski definition) is 3. The lowest BCUT2D eigenvalue weighted by Gasteiger charge is -2.26. The minimum atomic E-state index is -0.281. The molecule has 0 aromatic heterocycles. The van der Waals surface area contributed by atoms with Crippen LogP contribution in [-0.4, -0.2) is 49.5 Å². The quantitative estimate of drug-likeness (QED) is 0.631. The van der Waals surface area contributed by atoms with Gasteiger partial charge in [-0.3, -0.25) is 4.90 Å². The van der Waals surface area contributed by atoms with Crippen molar-refractivity contribution in [1.82, 2.24) is 4.90 Å². The molecule has 0 saturated carbocycles. The molecule has 68 valence electrons. The van der Waals surface area contributed by atoms with Crippen LogP contribution in [0.5, 0.6) is 0 Å². The average Bonchev–Trinajstić information content (AvgIpc) is 1.98. The van der Waals surface area contributed by atoms with E-state index in [1.54, 1.807) is 14.0 Å². The third-order valence-corrected chi connectivity index (χ3v) is 2.04. The van der Waals surface area contributed by atoms with Crippen LogP contribution < -0.4 is 0 Å². The monoisotopic (exact) mass is 161 g/mol. The van der Waals surface area contributed by atoms with Gasteiger partial charge in [0, 0.05) is 19.7 Å². The SMILES string of the molecule is COCCN(C)C(C)C(C)O. The first kappa shape index (κ1) is 10.9. The topological polar surface area (TPSA) is 32.7 Å². The lowest BCUT2D eigenvalue weighted by molar-refractivity contribution is 0.0679. The summed E-state index contributed by atoms with van der Waals surface area (Å²) in [4.78, 5) is 2.08. The summed E-state index contributed by atoms with van der Waals surface area (Å²) in [6.07, 6.45) is -0.281. The molecule has 1 N–H and O–H groups in total. The molecular weight excluding hydrogens is 142 g/mol. The first-order valence-electron chi connectivity index (χ1n) is 3.96. The van der Waals surface area contributed by atoms with E-state index in [1.807, 2.05) is 14.0 Å². The Morgan fingerprint density at radius 2 is 2.00 bits per heavy atom. The van der Waals surface area contributed by atoms with E-state index in [4.69, 9.17) is 4.74 Å². The van der Waals surface area contributed by atoms with Gasteiger partial charge in [0.1, 0.15) is 0 Å². The van der Waals surface area contributed by atoms with Crippen LogP contribution in [0.15, 0.2) is 0 Å². The summed E-state index contributed by atoms with van der Waals surface area (Å²) in [5.41, 5.74) is 0. The van der Waals surface area contributed by atoms with Gasteiger partial charge >= 0.3 is 0 Å². The Labute approximate surface area is 69.0 Å². The normalized spacial score (nSPS) is 16.9. The van der Waals surface area contributed by atoms with E-state index in [2.05, 4.69) is 4.90 Å². The largest absolute Gasteiger partial charge is 0.392 e. The fourth-order valence-corrected chi connectivity index (χ4v) is 0.807. The highest BCUT2D eigenvalue weighted by Gasteiger charge is 2.13.